The van der Waals surface area contributed by atoms with Gasteiger partial charge in [0.1, 0.15) is 5.75 Å². The highest BCUT2D eigenvalue weighted by Gasteiger charge is 2.36. The third kappa shape index (κ3) is 7.00. The van der Waals surface area contributed by atoms with Gasteiger partial charge in [-0.1, -0.05) is 30.7 Å². The van der Waals surface area contributed by atoms with Crippen LogP contribution in [-0.4, -0.2) is 37.2 Å². The molecule has 0 aliphatic rings. The molecule has 0 atom stereocenters. The van der Waals surface area contributed by atoms with Crippen molar-refractivity contribution in [3.63, 3.8) is 0 Å². The molecular formula is C24H28ClNO5S. The van der Waals surface area contributed by atoms with Crippen LogP contribution in [0, 0.1) is 5.92 Å². The summed E-state index contributed by atoms with van der Waals surface area (Å²) in [5.74, 6) is -1.21. The molecule has 1 heterocycles. The number of methoxy groups -OCH3 is 1. The largest absolute Gasteiger partial charge is 0.497 e. The summed E-state index contributed by atoms with van der Waals surface area (Å²) in [6, 6.07) is 11.0. The van der Waals surface area contributed by atoms with Crippen molar-refractivity contribution >= 4 is 40.9 Å². The first kappa shape index (κ1) is 25.7. The van der Waals surface area contributed by atoms with Crippen LogP contribution in [0.4, 0.5) is 0 Å². The molecular weight excluding hydrogens is 450 g/mol. The zero-order chi connectivity index (χ0) is 23.5. The van der Waals surface area contributed by atoms with Gasteiger partial charge >= 0.3 is 11.9 Å². The smallest absolute Gasteiger partial charge is 0.325 e. The van der Waals surface area contributed by atoms with Crippen molar-refractivity contribution < 1.29 is 23.8 Å². The first-order valence-corrected chi connectivity index (χ1v) is 11.7. The number of nitrogens with zero attached hydrogens (tertiary/aromatic N) is 1. The molecule has 0 unspecified atom stereocenters. The van der Waals surface area contributed by atoms with Crippen molar-refractivity contribution in [1.29, 1.82) is 0 Å². The molecule has 172 valence electrons. The lowest BCUT2D eigenvalue weighted by molar-refractivity contribution is -0.159. The van der Waals surface area contributed by atoms with Crippen molar-refractivity contribution in [1.82, 2.24) is 4.98 Å². The molecule has 8 heteroatoms. The summed E-state index contributed by atoms with van der Waals surface area (Å²) in [5.41, 5.74) is 2.36. The molecule has 32 heavy (non-hydrogen) atoms. The number of halogens is 1. The third-order valence-electron chi connectivity index (χ3n) is 4.54. The van der Waals surface area contributed by atoms with Crippen LogP contribution in [0.15, 0.2) is 47.5 Å². The minimum atomic E-state index is -1.20. The summed E-state index contributed by atoms with van der Waals surface area (Å²) < 4.78 is 15.7. The Kier molecular flexibility index (Phi) is 10.6. The van der Waals surface area contributed by atoms with Crippen molar-refractivity contribution in [2.24, 2.45) is 5.92 Å². The van der Waals surface area contributed by atoms with Crippen LogP contribution in [0.5, 0.6) is 5.75 Å². The number of carbonyl (C=O) groups is 2. The van der Waals surface area contributed by atoms with E-state index in [9.17, 15) is 9.59 Å². The molecule has 0 saturated heterocycles. The average Bonchev–Trinajstić information content (AvgIpc) is 2.78. The number of rotatable bonds is 11. The van der Waals surface area contributed by atoms with Crippen LogP contribution < -0.4 is 4.74 Å². The van der Waals surface area contributed by atoms with E-state index in [1.807, 2.05) is 31.2 Å². The van der Waals surface area contributed by atoms with Gasteiger partial charge in [-0.05, 0) is 55.7 Å². The van der Waals surface area contributed by atoms with E-state index < -0.39 is 17.9 Å². The molecule has 0 amide bonds. The van der Waals surface area contributed by atoms with Gasteiger partial charge in [0.2, 0.25) is 0 Å². The van der Waals surface area contributed by atoms with E-state index in [1.165, 1.54) is 11.8 Å². The van der Waals surface area contributed by atoms with E-state index in [4.69, 9.17) is 25.8 Å². The quantitative estimate of drug-likeness (QED) is 0.310. The Morgan fingerprint density at radius 2 is 1.66 bits per heavy atom. The van der Waals surface area contributed by atoms with Gasteiger partial charge in [-0.2, -0.15) is 0 Å². The first-order chi connectivity index (χ1) is 15.4. The van der Waals surface area contributed by atoms with Gasteiger partial charge in [-0.3, -0.25) is 14.6 Å². The van der Waals surface area contributed by atoms with E-state index in [0.717, 1.165) is 16.9 Å². The Hall–Kier alpha value is -2.51. The number of pyridine rings is 1. The number of thioether (sulfide) groups is 1. The van der Waals surface area contributed by atoms with Crippen LogP contribution in [0.3, 0.4) is 0 Å². The second-order valence-corrected chi connectivity index (χ2v) is 8.08. The zero-order valence-electron chi connectivity index (χ0n) is 18.7. The van der Waals surface area contributed by atoms with E-state index >= 15 is 0 Å². The fraction of sp³-hybridized carbons (Fsp3) is 0.375. The summed E-state index contributed by atoms with van der Waals surface area (Å²) in [6.45, 7) is 5.66. The lowest BCUT2D eigenvalue weighted by Gasteiger charge is -2.21. The number of hydrogen-bond acceptors (Lipinski definition) is 7. The normalized spacial score (nSPS) is 11.7. The SMILES string of the molecule is CCOC(=O)C(C(=O)OCC)C(SCc1ccc(OC)cc1)=C(CC)c1cc(Cl)ccn1. The van der Waals surface area contributed by atoms with Crippen LogP contribution in [0.2, 0.25) is 5.02 Å². The molecule has 6 nitrogen and oxygen atoms in total. The highest BCUT2D eigenvalue weighted by molar-refractivity contribution is 8.02. The first-order valence-electron chi connectivity index (χ1n) is 10.4. The molecule has 0 fully saturated rings. The second kappa shape index (κ2) is 13.1. The standard InChI is InChI=1S/C24H28ClNO5S/c1-5-19(20-14-17(25)12-13-26-20)22(21(23(27)30-6-2)24(28)31-7-3)32-15-16-8-10-18(29-4)11-9-16/h8-14,21H,5-7,15H2,1-4H3. The molecule has 0 bridgehead atoms. The van der Waals surface area contributed by atoms with Gasteiger partial charge in [-0.25, -0.2) is 0 Å². The third-order valence-corrected chi connectivity index (χ3v) is 6.05. The number of carbonyl (C=O) groups excluding carboxylic acids is 2. The predicted molar refractivity (Wildman–Crippen MR) is 128 cm³/mol. The Morgan fingerprint density at radius 1 is 1.03 bits per heavy atom. The van der Waals surface area contributed by atoms with Crippen molar-refractivity contribution in [3.8, 4) is 5.75 Å². The Morgan fingerprint density at radius 3 is 2.16 bits per heavy atom. The van der Waals surface area contributed by atoms with Crippen molar-refractivity contribution in [2.45, 2.75) is 32.9 Å². The van der Waals surface area contributed by atoms with Gasteiger partial charge in [0.15, 0.2) is 5.92 Å². The van der Waals surface area contributed by atoms with E-state index in [0.29, 0.717) is 27.8 Å². The number of esters is 2. The maximum absolute atomic E-state index is 12.9. The molecule has 2 aromatic rings. The number of allylic oxidation sites excluding steroid dienone is 1. The summed E-state index contributed by atoms with van der Waals surface area (Å²) in [5, 5.41) is 0.518. The lowest BCUT2D eigenvalue weighted by Crippen LogP contribution is -2.30. The van der Waals surface area contributed by atoms with E-state index in [-0.39, 0.29) is 13.2 Å². The monoisotopic (exact) mass is 477 g/mol. The predicted octanol–water partition coefficient (Wildman–Crippen LogP) is 5.54. The Labute approximate surface area is 198 Å². The Balaban J connectivity index is 2.55. The molecule has 1 aromatic heterocycles. The van der Waals surface area contributed by atoms with Crippen LogP contribution in [0.1, 0.15) is 38.4 Å². The number of benzene rings is 1. The topological polar surface area (TPSA) is 74.7 Å². The molecule has 0 spiro atoms. The molecule has 0 aliphatic heterocycles. The summed E-state index contributed by atoms with van der Waals surface area (Å²) in [7, 11) is 1.61. The minimum absolute atomic E-state index is 0.155. The van der Waals surface area contributed by atoms with E-state index in [2.05, 4.69) is 4.98 Å². The van der Waals surface area contributed by atoms with Gasteiger partial charge in [0, 0.05) is 21.9 Å². The van der Waals surface area contributed by atoms with Crippen LogP contribution >= 0.6 is 23.4 Å². The maximum atomic E-state index is 12.9. The zero-order valence-corrected chi connectivity index (χ0v) is 20.3. The summed E-state index contributed by atoms with van der Waals surface area (Å²) in [4.78, 5) is 30.7. The van der Waals surface area contributed by atoms with Crippen LogP contribution in [-0.2, 0) is 24.8 Å². The van der Waals surface area contributed by atoms with Crippen LogP contribution in [0.25, 0.3) is 5.57 Å². The van der Waals surface area contributed by atoms with Gasteiger partial charge in [-0.15, -0.1) is 11.8 Å². The Bertz CT molecular complexity index is 928. The van der Waals surface area contributed by atoms with Crippen molar-refractivity contribution in [3.05, 3.63) is 63.8 Å². The van der Waals surface area contributed by atoms with Gasteiger partial charge in [0.25, 0.3) is 0 Å². The highest BCUT2D eigenvalue weighted by atomic mass is 35.5. The molecule has 0 saturated carbocycles. The fourth-order valence-electron chi connectivity index (χ4n) is 3.04. The van der Waals surface area contributed by atoms with Gasteiger partial charge < -0.3 is 14.2 Å². The lowest BCUT2D eigenvalue weighted by atomic mass is 10.0. The average molecular weight is 478 g/mol. The fourth-order valence-corrected chi connectivity index (χ4v) is 4.50. The van der Waals surface area contributed by atoms with Crippen molar-refractivity contribution in [2.75, 3.05) is 20.3 Å². The number of hydrogen-bond donors (Lipinski definition) is 0. The minimum Gasteiger partial charge on any atom is -0.497 e. The summed E-state index contributed by atoms with van der Waals surface area (Å²) >= 11 is 7.58. The molecule has 1 aromatic carbocycles. The van der Waals surface area contributed by atoms with Gasteiger partial charge in [0.05, 0.1) is 26.0 Å². The maximum Gasteiger partial charge on any atom is 0.325 e. The van der Waals surface area contributed by atoms with E-state index in [1.54, 1.807) is 39.3 Å². The molecule has 0 N–H and O–H groups in total. The highest BCUT2D eigenvalue weighted by Crippen LogP contribution is 2.38. The number of aromatic nitrogens is 1. The number of ether oxygens (including phenoxy) is 3. The molecule has 0 radical (unpaired) electrons. The molecule has 2 rings (SSSR count). The summed E-state index contributed by atoms with van der Waals surface area (Å²) in [6.07, 6.45) is 2.14. The second-order valence-electron chi connectivity index (χ2n) is 6.63. The molecule has 0 aliphatic carbocycles.